The van der Waals surface area contributed by atoms with E-state index in [9.17, 15) is 4.79 Å². The van der Waals surface area contributed by atoms with E-state index in [0.717, 1.165) is 28.4 Å². The highest BCUT2D eigenvalue weighted by Gasteiger charge is 2.32. The van der Waals surface area contributed by atoms with Crippen LogP contribution in [0.2, 0.25) is 0 Å². The molecule has 1 amide bonds. The van der Waals surface area contributed by atoms with Gasteiger partial charge in [-0.25, -0.2) is 0 Å². The van der Waals surface area contributed by atoms with Crippen molar-refractivity contribution in [3.8, 4) is 11.4 Å². The van der Waals surface area contributed by atoms with E-state index in [1.807, 2.05) is 44.2 Å². The van der Waals surface area contributed by atoms with E-state index in [-0.39, 0.29) is 11.4 Å². The Labute approximate surface area is 160 Å². The molecule has 2 aromatic rings. The molecule has 4 rings (SSSR count). The van der Waals surface area contributed by atoms with Gasteiger partial charge in [-0.05, 0) is 55.4 Å². The number of benzene rings is 1. The van der Waals surface area contributed by atoms with Gasteiger partial charge in [0.1, 0.15) is 5.75 Å². The van der Waals surface area contributed by atoms with Crippen molar-refractivity contribution < 1.29 is 9.53 Å². The molecule has 0 bridgehead atoms. The molecule has 27 heavy (non-hydrogen) atoms. The first-order valence-corrected chi connectivity index (χ1v) is 9.14. The molecule has 8 heteroatoms. The largest absolute Gasteiger partial charge is 0.495 e. The summed E-state index contributed by atoms with van der Waals surface area (Å²) in [6, 6.07) is 9.75. The highest BCUT2D eigenvalue weighted by atomic mass is 32.2. The van der Waals surface area contributed by atoms with Crippen LogP contribution in [0.1, 0.15) is 17.0 Å². The summed E-state index contributed by atoms with van der Waals surface area (Å²) in [4.78, 5) is 16.4. The molecular weight excluding hydrogens is 362 g/mol. The van der Waals surface area contributed by atoms with Crippen molar-refractivity contribution in [3.63, 3.8) is 0 Å². The van der Waals surface area contributed by atoms with Gasteiger partial charge in [0.05, 0.1) is 23.9 Å². The van der Waals surface area contributed by atoms with Gasteiger partial charge < -0.3 is 9.30 Å². The van der Waals surface area contributed by atoms with Crippen molar-refractivity contribution in [2.24, 2.45) is 10.1 Å². The summed E-state index contributed by atoms with van der Waals surface area (Å²) < 4.78 is 7.55. The third kappa shape index (κ3) is 2.78. The standard InChI is InChI=1S/C19H17N5O2S/c1-11-8-13(12(2)23(11)15-6-4-5-7-16(15)26-3)9-14-17(20)24-19(22-18(14)25)27-10-21-24/h4-10,20H,1-3H3. The summed E-state index contributed by atoms with van der Waals surface area (Å²) in [5.41, 5.74) is 5.50. The maximum atomic E-state index is 12.4. The minimum absolute atomic E-state index is 0.0355. The lowest BCUT2D eigenvalue weighted by molar-refractivity contribution is -0.114. The number of aryl methyl sites for hydroxylation is 1. The molecule has 7 nitrogen and oxygen atoms in total. The molecule has 0 fully saturated rings. The van der Waals surface area contributed by atoms with Gasteiger partial charge >= 0.3 is 0 Å². The first kappa shape index (κ1) is 17.3. The topological polar surface area (TPSA) is 83.0 Å². The fourth-order valence-corrected chi connectivity index (χ4v) is 3.82. The third-order valence-corrected chi connectivity index (χ3v) is 5.17. The van der Waals surface area contributed by atoms with Crippen LogP contribution < -0.4 is 4.74 Å². The fourth-order valence-electron chi connectivity index (χ4n) is 3.21. The quantitative estimate of drug-likeness (QED) is 0.829. The lowest BCUT2D eigenvalue weighted by Crippen LogP contribution is -2.35. The number of methoxy groups -OCH3 is 1. The second-order valence-electron chi connectivity index (χ2n) is 6.09. The molecule has 0 spiro atoms. The van der Waals surface area contributed by atoms with Crippen molar-refractivity contribution in [3.05, 3.63) is 52.9 Å². The maximum Gasteiger partial charge on any atom is 0.283 e. The van der Waals surface area contributed by atoms with Crippen LogP contribution in [0.15, 0.2) is 46.0 Å². The molecule has 3 heterocycles. The second-order valence-corrected chi connectivity index (χ2v) is 6.90. The zero-order valence-electron chi connectivity index (χ0n) is 15.1. The van der Waals surface area contributed by atoms with Gasteiger partial charge in [0.15, 0.2) is 11.0 Å². The minimum atomic E-state index is -0.425. The fraction of sp³-hybridized carbons (Fsp3) is 0.158. The maximum absolute atomic E-state index is 12.4. The Morgan fingerprint density at radius 1 is 1.26 bits per heavy atom. The highest BCUT2D eigenvalue weighted by molar-refractivity contribution is 8.25. The number of fused-ring (bicyclic) bond motifs is 1. The summed E-state index contributed by atoms with van der Waals surface area (Å²) in [7, 11) is 1.64. The predicted molar refractivity (Wildman–Crippen MR) is 108 cm³/mol. The van der Waals surface area contributed by atoms with Crippen LogP contribution >= 0.6 is 11.8 Å². The average Bonchev–Trinajstić information content (AvgIpc) is 3.23. The van der Waals surface area contributed by atoms with E-state index < -0.39 is 5.91 Å². The number of hydrazone groups is 1. The van der Waals surface area contributed by atoms with Gasteiger partial charge in [0.25, 0.3) is 5.91 Å². The van der Waals surface area contributed by atoms with E-state index in [1.54, 1.807) is 18.7 Å². The SMILES string of the molecule is COc1ccccc1-n1c(C)cc(C=C2C(=N)N3N=CSC3=NC2=O)c1C. The number of amides is 1. The van der Waals surface area contributed by atoms with Crippen LogP contribution in [-0.4, -0.2) is 39.1 Å². The van der Waals surface area contributed by atoms with E-state index in [4.69, 9.17) is 10.1 Å². The molecule has 0 saturated heterocycles. The Morgan fingerprint density at radius 2 is 2.04 bits per heavy atom. The van der Waals surface area contributed by atoms with E-state index in [1.165, 1.54) is 16.8 Å². The summed E-state index contributed by atoms with van der Waals surface area (Å²) in [6.45, 7) is 3.97. The van der Waals surface area contributed by atoms with Crippen molar-refractivity contribution >= 4 is 40.3 Å². The van der Waals surface area contributed by atoms with Crippen molar-refractivity contribution in [2.75, 3.05) is 7.11 Å². The van der Waals surface area contributed by atoms with Gasteiger partial charge in [-0.15, -0.1) is 0 Å². The number of hydrogen-bond acceptors (Lipinski definition) is 5. The van der Waals surface area contributed by atoms with Crippen LogP contribution in [0.3, 0.4) is 0 Å². The number of aliphatic imine (C=N–C) groups is 1. The normalized spacial score (nSPS) is 17.5. The Bertz CT molecular complexity index is 1060. The molecule has 0 radical (unpaired) electrons. The third-order valence-electron chi connectivity index (χ3n) is 4.49. The average molecular weight is 379 g/mol. The number of para-hydroxylation sites is 2. The predicted octanol–water partition coefficient (Wildman–Crippen LogP) is 3.35. The van der Waals surface area contributed by atoms with Crippen LogP contribution in [0.25, 0.3) is 11.8 Å². The Kier molecular flexibility index (Phi) is 4.19. The number of ether oxygens (including phenoxy) is 1. The number of thioether (sulfide) groups is 1. The molecule has 1 aromatic carbocycles. The smallest absolute Gasteiger partial charge is 0.283 e. The second kappa shape index (κ2) is 6.55. The summed E-state index contributed by atoms with van der Waals surface area (Å²) in [5, 5.41) is 14.2. The van der Waals surface area contributed by atoms with Gasteiger partial charge in [-0.1, -0.05) is 12.1 Å². The molecule has 136 valence electrons. The first-order valence-electron chi connectivity index (χ1n) is 8.26. The Balaban J connectivity index is 1.81. The number of hydrogen-bond donors (Lipinski definition) is 1. The lowest BCUT2D eigenvalue weighted by Gasteiger charge is -2.20. The van der Waals surface area contributed by atoms with Crippen LogP contribution in [0.4, 0.5) is 0 Å². The van der Waals surface area contributed by atoms with Gasteiger partial charge in [0.2, 0.25) is 0 Å². The molecule has 0 unspecified atom stereocenters. The molecule has 0 saturated carbocycles. The van der Waals surface area contributed by atoms with Crippen LogP contribution in [0, 0.1) is 19.3 Å². The molecule has 2 aliphatic rings. The van der Waals surface area contributed by atoms with E-state index in [2.05, 4.69) is 14.7 Å². The summed E-state index contributed by atoms with van der Waals surface area (Å²) in [5.74, 6) is 0.373. The number of amidine groups is 2. The lowest BCUT2D eigenvalue weighted by atomic mass is 10.1. The Morgan fingerprint density at radius 3 is 2.81 bits per heavy atom. The summed E-state index contributed by atoms with van der Waals surface area (Å²) >= 11 is 1.23. The number of carbonyl (C=O) groups excluding carboxylic acids is 1. The van der Waals surface area contributed by atoms with E-state index >= 15 is 0 Å². The van der Waals surface area contributed by atoms with Crippen molar-refractivity contribution in [1.29, 1.82) is 5.41 Å². The molecular formula is C19H17N5O2S. The first-order chi connectivity index (χ1) is 13.0. The van der Waals surface area contributed by atoms with Gasteiger partial charge in [0, 0.05) is 11.4 Å². The number of nitrogens with zero attached hydrogens (tertiary/aromatic N) is 4. The van der Waals surface area contributed by atoms with Crippen molar-refractivity contribution in [1.82, 2.24) is 9.58 Å². The zero-order chi connectivity index (χ0) is 19.1. The van der Waals surface area contributed by atoms with Crippen molar-refractivity contribution in [2.45, 2.75) is 13.8 Å². The Hall–Kier alpha value is -3.13. The highest BCUT2D eigenvalue weighted by Crippen LogP contribution is 2.30. The van der Waals surface area contributed by atoms with Gasteiger partial charge in [-0.2, -0.15) is 15.1 Å². The monoisotopic (exact) mass is 379 g/mol. The van der Waals surface area contributed by atoms with Crippen LogP contribution in [-0.2, 0) is 4.79 Å². The van der Waals surface area contributed by atoms with E-state index in [0.29, 0.717) is 5.17 Å². The molecule has 0 aliphatic carbocycles. The zero-order valence-corrected chi connectivity index (χ0v) is 15.9. The van der Waals surface area contributed by atoms with Gasteiger partial charge in [-0.3, -0.25) is 10.2 Å². The minimum Gasteiger partial charge on any atom is -0.495 e. The molecule has 2 aliphatic heterocycles. The molecule has 1 N–H and O–H groups in total. The number of nitrogens with one attached hydrogen (secondary N) is 1. The number of rotatable bonds is 3. The summed E-state index contributed by atoms with van der Waals surface area (Å²) in [6.07, 6.45) is 1.71. The molecule has 0 atom stereocenters. The molecule has 1 aromatic heterocycles. The number of carbonyl (C=O) groups is 1. The number of aromatic nitrogens is 1. The van der Waals surface area contributed by atoms with Crippen LogP contribution in [0.5, 0.6) is 5.75 Å².